The van der Waals surface area contributed by atoms with Crippen molar-refractivity contribution in [3.63, 3.8) is 0 Å². The molecule has 164 valence electrons. The second kappa shape index (κ2) is 9.32. The normalized spacial score (nSPS) is 18.1. The number of nitrogen functional groups attached to an aromatic ring is 1. The van der Waals surface area contributed by atoms with E-state index in [2.05, 4.69) is 27.1 Å². The maximum atomic E-state index is 13.2. The first-order valence-corrected chi connectivity index (χ1v) is 11.2. The highest BCUT2D eigenvalue weighted by Gasteiger charge is 2.31. The fourth-order valence-electron chi connectivity index (χ4n) is 3.73. The second-order valence-corrected chi connectivity index (χ2v) is 8.37. The zero-order chi connectivity index (χ0) is 22.7. The van der Waals surface area contributed by atoms with Crippen molar-refractivity contribution in [1.29, 1.82) is 10.7 Å². The summed E-state index contributed by atoms with van der Waals surface area (Å²) in [5.74, 6) is 0.0804. The molecule has 2 atom stereocenters. The van der Waals surface area contributed by atoms with Gasteiger partial charge in [0.15, 0.2) is 5.82 Å². The number of rotatable bonds is 6. The molecule has 0 radical (unpaired) electrons. The first-order chi connectivity index (χ1) is 15.5. The number of piperazine rings is 1. The van der Waals surface area contributed by atoms with Crippen LogP contribution in [0.2, 0.25) is 0 Å². The van der Waals surface area contributed by atoms with E-state index < -0.39 is 0 Å². The molecule has 3 heterocycles. The average molecular weight is 449 g/mol. The Balaban J connectivity index is 1.70. The van der Waals surface area contributed by atoms with E-state index in [-0.39, 0.29) is 23.8 Å². The van der Waals surface area contributed by atoms with Crippen molar-refractivity contribution in [3.8, 4) is 6.07 Å². The topological polar surface area (TPSA) is 145 Å². The van der Waals surface area contributed by atoms with Crippen LogP contribution in [0.1, 0.15) is 45.7 Å². The maximum Gasteiger partial charge on any atom is 0.280 e. The standard InChI is InChI=1S/C22H24N8OS/c1-13-18(27-8-7-26-13)19-17(10-23)21(30(29-19)22(31)16-6-9-32-12-16)28-11-14-2-4-15(5-3-14)20(24)25/h2-6,9,12-13,18,26-28H,7-8,11H2,1H3,(H3,24,25). The summed E-state index contributed by atoms with van der Waals surface area (Å²) in [6.07, 6.45) is 0. The Labute approximate surface area is 189 Å². The summed E-state index contributed by atoms with van der Waals surface area (Å²) in [7, 11) is 0. The van der Waals surface area contributed by atoms with Gasteiger partial charge < -0.3 is 21.7 Å². The molecule has 2 unspecified atom stereocenters. The quantitative estimate of drug-likeness (QED) is 0.286. The molecule has 2 aromatic heterocycles. The third-order valence-corrected chi connectivity index (χ3v) is 6.14. The predicted octanol–water partition coefficient (Wildman–Crippen LogP) is 2.02. The molecule has 32 heavy (non-hydrogen) atoms. The molecule has 6 N–H and O–H groups in total. The van der Waals surface area contributed by atoms with Crippen LogP contribution in [0, 0.1) is 16.7 Å². The van der Waals surface area contributed by atoms with Crippen LogP contribution in [0.15, 0.2) is 41.1 Å². The molecule has 10 heteroatoms. The number of nitrogens with zero attached hydrogens (tertiary/aromatic N) is 3. The van der Waals surface area contributed by atoms with Crippen LogP contribution in [0.3, 0.4) is 0 Å². The molecule has 0 amide bonds. The Morgan fingerprint density at radius 2 is 2.06 bits per heavy atom. The van der Waals surface area contributed by atoms with E-state index >= 15 is 0 Å². The highest BCUT2D eigenvalue weighted by molar-refractivity contribution is 7.08. The number of thiophene rings is 1. The lowest BCUT2D eigenvalue weighted by molar-refractivity contribution is 0.0947. The molecule has 1 saturated heterocycles. The third-order valence-electron chi connectivity index (χ3n) is 5.46. The van der Waals surface area contributed by atoms with Crippen LogP contribution in [-0.4, -0.2) is 40.7 Å². The predicted molar refractivity (Wildman–Crippen MR) is 124 cm³/mol. The van der Waals surface area contributed by atoms with Gasteiger partial charge in [-0.2, -0.15) is 26.4 Å². The Bertz CT molecular complexity index is 1160. The summed E-state index contributed by atoms with van der Waals surface area (Å²) in [5.41, 5.74) is 8.49. The number of nitrogens with one attached hydrogen (secondary N) is 4. The Morgan fingerprint density at radius 3 is 2.69 bits per heavy atom. The zero-order valence-electron chi connectivity index (χ0n) is 17.6. The molecule has 0 bridgehead atoms. The number of nitriles is 1. The molecule has 1 aliphatic rings. The summed E-state index contributed by atoms with van der Waals surface area (Å²) < 4.78 is 1.29. The Morgan fingerprint density at radius 1 is 1.31 bits per heavy atom. The van der Waals surface area contributed by atoms with Crippen molar-refractivity contribution in [2.45, 2.75) is 25.6 Å². The first-order valence-electron chi connectivity index (χ1n) is 10.2. The highest BCUT2D eigenvalue weighted by atomic mass is 32.1. The number of carbonyl (C=O) groups excluding carboxylic acids is 1. The fraction of sp³-hybridized carbons (Fsp3) is 0.273. The molecule has 0 aliphatic carbocycles. The Kier molecular flexibility index (Phi) is 6.32. The van der Waals surface area contributed by atoms with E-state index in [1.165, 1.54) is 16.0 Å². The van der Waals surface area contributed by atoms with Gasteiger partial charge in [-0.1, -0.05) is 24.3 Å². The number of amidine groups is 1. The molecular weight excluding hydrogens is 424 g/mol. The molecule has 1 aromatic carbocycles. The van der Waals surface area contributed by atoms with Crippen molar-refractivity contribution >= 4 is 28.9 Å². The second-order valence-electron chi connectivity index (χ2n) is 7.59. The number of aromatic nitrogens is 2. The summed E-state index contributed by atoms with van der Waals surface area (Å²) in [6.45, 7) is 3.98. The Hall–Kier alpha value is -3.52. The minimum atomic E-state index is -0.292. The molecule has 0 spiro atoms. The number of hydrogen-bond donors (Lipinski definition) is 5. The summed E-state index contributed by atoms with van der Waals surface area (Å²) >= 11 is 1.43. The van der Waals surface area contributed by atoms with Crippen LogP contribution in [-0.2, 0) is 6.54 Å². The van der Waals surface area contributed by atoms with Crippen molar-refractivity contribution in [2.24, 2.45) is 5.73 Å². The van der Waals surface area contributed by atoms with Gasteiger partial charge in [0.2, 0.25) is 0 Å². The van der Waals surface area contributed by atoms with Crippen molar-refractivity contribution in [2.75, 3.05) is 18.4 Å². The number of nitrogens with two attached hydrogens (primary N) is 1. The number of anilines is 1. The van der Waals surface area contributed by atoms with Gasteiger partial charge in [-0.25, -0.2) is 0 Å². The summed E-state index contributed by atoms with van der Waals surface area (Å²) in [4.78, 5) is 13.2. The third kappa shape index (κ3) is 4.27. The van der Waals surface area contributed by atoms with Gasteiger partial charge in [0, 0.05) is 36.6 Å². The van der Waals surface area contributed by atoms with Gasteiger partial charge in [0.05, 0.1) is 11.6 Å². The van der Waals surface area contributed by atoms with E-state index in [1.807, 2.05) is 24.4 Å². The van der Waals surface area contributed by atoms with E-state index in [1.54, 1.807) is 23.6 Å². The van der Waals surface area contributed by atoms with Gasteiger partial charge in [-0.3, -0.25) is 10.2 Å². The molecule has 3 aromatic rings. The van der Waals surface area contributed by atoms with Crippen LogP contribution < -0.4 is 21.7 Å². The van der Waals surface area contributed by atoms with E-state index in [9.17, 15) is 10.1 Å². The molecule has 1 fully saturated rings. The number of hydrogen-bond acceptors (Lipinski definition) is 8. The summed E-state index contributed by atoms with van der Waals surface area (Å²) in [5, 5.41) is 35.8. The average Bonchev–Trinajstić information content (AvgIpc) is 3.46. The maximum absolute atomic E-state index is 13.2. The molecular formula is C22H24N8OS. The molecule has 4 rings (SSSR count). The minimum absolute atomic E-state index is 0.00284. The zero-order valence-corrected chi connectivity index (χ0v) is 18.4. The number of benzene rings is 1. The SMILES string of the molecule is CC1NCCNC1c1nn(C(=O)c2ccsc2)c(NCc2ccc(C(=N)N)cc2)c1C#N. The lowest BCUT2D eigenvalue weighted by Crippen LogP contribution is -2.49. The largest absolute Gasteiger partial charge is 0.384 e. The van der Waals surface area contributed by atoms with Crippen LogP contribution in [0.4, 0.5) is 5.82 Å². The monoisotopic (exact) mass is 448 g/mol. The van der Waals surface area contributed by atoms with Crippen molar-refractivity contribution < 1.29 is 4.79 Å². The van der Waals surface area contributed by atoms with Crippen LogP contribution in [0.5, 0.6) is 0 Å². The minimum Gasteiger partial charge on any atom is -0.384 e. The smallest absolute Gasteiger partial charge is 0.280 e. The lowest BCUT2D eigenvalue weighted by Gasteiger charge is -2.30. The summed E-state index contributed by atoms with van der Waals surface area (Å²) in [6, 6.07) is 11.1. The van der Waals surface area contributed by atoms with Gasteiger partial charge >= 0.3 is 0 Å². The van der Waals surface area contributed by atoms with E-state index in [4.69, 9.17) is 11.1 Å². The lowest BCUT2D eigenvalue weighted by atomic mass is 10.0. The highest BCUT2D eigenvalue weighted by Crippen LogP contribution is 2.29. The van der Waals surface area contributed by atoms with E-state index in [0.29, 0.717) is 34.7 Å². The van der Waals surface area contributed by atoms with Crippen molar-refractivity contribution in [1.82, 2.24) is 20.4 Å². The van der Waals surface area contributed by atoms with Gasteiger partial charge in [0.1, 0.15) is 23.2 Å². The van der Waals surface area contributed by atoms with Crippen LogP contribution >= 0.6 is 11.3 Å². The van der Waals surface area contributed by atoms with Gasteiger partial charge in [-0.05, 0) is 23.9 Å². The molecule has 0 saturated carbocycles. The van der Waals surface area contributed by atoms with E-state index in [0.717, 1.165) is 18.7 Å². The number of carbonyl (C=O) groups is 1. The van der Waals surface area contributed by atoms with Gasteiger partial charge in [-0.15, -0.1) is 0 Å². The van der Waals surface area contributed by atoms with Gasteiger partial charge in [0.25, 0.3) is 5.91 Å². The molecule has 1 aliphatic heterocycles. The first kappa shape index (κ1) is 21.7. The molecule has 9 nitrogen and oxygen atoms in total. The van der Waals surface area contributed by atoms with Crippen LogP contribution in [0.25, 0.3) is 0 Å². The van der Waals surface area contributed by atoms with Crippen molar-refractivity contribution in [3.05, 3.63) is 69.0 Å². The fourth-order valence-corrected chi connectivity index (χ4v) is 4.35.